The smallest absolute Gasteiger partial charge is 0.240 e. The van der Waals surface area contributed by atoms with Crippen LogP contribution in [0.25, 0.3) is 0 Å². The van der Waals surface area contributed by atoms with Crippen molar-refractivity contribution in [1.82, 2.24) is 5.43 Å². The molecule has 8 heteroatoms. The Balaban J connectivity index is 1.46. The minimum atomic E-state index is -0.364. The van der Waals surface area contributed by atoms with E-state index in [1.54, 1.807) is 12.1 Å². The largest absolute Gasteiger partial charge is 0.488 e. The summed E-state index contributed by atoms with van der Waals surface area (Å²) >= 11 is 9.47. The number of hydrogen-bond donors (Lipinski definition) is 2. The summed E-state index contributed by atoms with van der Waals surface area (Å²) in [6.45, 7) is 2.29. The van der Waals surface area contributed by atoms with Gasteiger partial charge in [-0.3, -0.25) is 9.59 Å². The summed E-state index contributed by atoms with van der Waals surface area (Å²) in [4.78, 5) is 24.1. The second kappa shape index (κ2) is 12.2. The van der Waals surface area contributed by atoms with E-state index >= 15 is 0 Å². The quantitative estimate of drug-likeness (QED) is 0.270. The van der Waals surface area contributed by atoms with Gasteiger partial charge in [-0.25, -0.2) is 5.43 Å². The first-order chi connectivity index (χ1) is 15.9. The van der Waals surface area contributed by atoms with E-state index in [4.69, 9.17) is 16.3 Å². The van der Waals surface area contributed by atoms with Crippen LogP contribution in [0.1, 0.15) is 29.5 Å². The highest BCUT2D eigenvalue weighted by atomic mass is 79.9. The average Bonchev–Trinajstić information content (AvgIpc) is 2.80. The summed E-state index contributed by atoms with van der Waals surface area (Å²) < 4.78 is 6.90. The Kier molecular flexibility index (Phi) is 9.04. The third-order valence-electron chi connectivity index (χ3n) is 4.65. The summed E-state index contributed by atoms with van der Waals surface area (Å²) in [5, 5.41) is 7.29. The van der Waals surface area contributed by atoms with Crippen LogP contribution in [0.3, 0.4) is 0 Å². The van der Waals surface area contributed by atoms with Gasteiger partial charge >= 0.3 is 0 Å². The molecule has 0 radical (unpaired) electrons. The Morgan fingerprint density at radius 1 is 1.03 bits per heavy atom. The van der Waals surface area contributed by atoms with E-state index in [9.17, 15) is 9.59 Å². The maximum absolute atomic E-state index is 12.1. The maximum Gasteiger partial charge on any atom is 0.240 e. The summed E-state index contributed by atoms with van der Waals surface area (Å²) in [6.07, 6.45) is 1.55. The van der Waals surface area contributed by atoms with Crippen molar-refractivity contribution >= 4 is 51.2 Å². The summed E-state index contributed by atoms with van der Waals surface area (Å²) in [7, 11) is 0. The van der Waals surface area contributed by atoms with Crippen LogP contribution < -0.4 is 15.5 Å². The summed E-state index contributed by atoms with van der Waals surface area (Å²) in [5.74, 6) is 0.00638. The number of anilines is 1. The molecule has 0 atom stereocenters. The van der Waals surface area contributed by atoms with Crippen molar-refractivity contribution in [1.29, 1.82) is 0 Å². The molecule has 0 heterocycles. The van der Waals surface area contributed by atoms with Crippen molar-refractivity contribution in [2.24, 2.45) is 5.10 Å². The first-order valence-corrected chi connectivity index (χ1v) is 11.4. The van der Waals surface area contributed by atoms with Crippen molar-refractivity contribution in [3.8, 4) is 5.75 Å². The van der Waals surface area contributed by atoms with E-state index in [0.29, 0.717) is 23.1 Å². The second-order valence-corrected chi connectivity index (χ2v) is 8.58. The lowest BCUT2D eigenvalue weighted by atomic mass is 10.2. The van der Waals surface area contributed by atoms with Crippen LogP contribution in [-0.4, -0.2) is 18.0 Å². The second-order valence-electron chi connectivity index (χ2n) is 7.26. The monoisotopic (exact) mass is 527 g/mol. The van der Waals surface area contributed by atoms with Crippen molar-refractivity contribution in [2.45, 2.75) is 26.4 Å². The van der Waals surface area contributed by atoms with E-state index in [1.807, 2.05) is 61.5 Å². The zero-order chi connectivity index (χ0) is 23.6. The van der Waals surface area contributed by atoms with Gasteiger partial charge in [-0.1, -0.05) is 57.9 Å². The molecule has 0 saturated carbocycles. The minimum Gasteiger partial charge on any atom is -0.488 e. The Bertz CT molecular complexity index is 1150. The van der Waals surface area contributed by atoms with E-state index in [1.165, 1.54) is 6.21 Å². The lowest BCUT2D eigenvalue weighted by molar-refractivity contribution is -0.124. The van der Waals surface area contributed by atoms with E-state index in [0.717, 1.165) is 21.2 Å². The number of benzene rings is 3. The highest BCUT2D eigenvalue weighted by molar-refractivity contribution is 9.10. The van der Waals surface area contributed by atoms with Crippen LogP contribution in [-0.2, 0) is 16.2 Å². The lowest BCUT2D eigenvalue weighted by Gasteiger charge is -2.09. The van der Waals surface area contributed by atoms with Gasteiger partial charge in [0.25, 0.3) is 0 Å². The number of carbonyl (C=O) groups is 2. The lowest BCUT2D eigenvalue weighted by Crippen LogP contribution is -2.20. The van der Waals surface area contributed by atoms with Gasteiger partial charge in [0.1, 0.15) is 12.4 Å². The molecular weight excluding hydrogens is 506 g/mol. The minimum absolute atomic E-state index is 0.00444. The number of halogens is 2. The highest BCUT2D eigenvalue weighted by Crippen LogP contribution is 2.20. The first kappa shape index (κ1) is 24.5. The standard InChI is InChI=1S/C25H23BrClN3O3/c1-17-6-11-21(14-22(17)27)29-24(31)12-13-25(32)30-28-15-19-4-2-3-5-23(19)33-16-18-7-9-20(26)10-8-18/h2-11,14-15H,12-13,16H2,1H3,(H,29,31)(H,30,32). The number of nitrogens with zero attached hydrogens (tertiary/aromatic N) is 1. The maximum atomic E-state index is 12.1. The van der Waals surface area contributed by atoms with Gasteiger partial charge < -0.3 is 10.1 Å². The van der Waals surface area contributed by atoms with Gasteiger partial charge in [0.2, 0.25) is 11.8 Å². The Labute approximate surface area is 206 Å². The fourth-order valence-corrected chi connectivity index (χ4v) is 3.26. The normalized spacial score (nSPS) is 10.8. The topological polar surface area (TPSA) is 79.8 Å². The number of aryl methyl sites for hydroxylation is 1. The molecule has 0 unspecified atom stereocenters. The summed E-state index contributed by atoms with van der Waals surface area (Å²) in [5.41, 5.74) is 5.72. The van der Waals surface area contributed by atoms with Crippen LogP contribution in [0.15, 0.2) is 76.3 Å². The molecular formula is C25H23BrClN3O3. The van der Waals surface area contributed by atoms with Crippen LogP contribution in [0.2, 0.25) is 5.02 Å². The third kappa shape index (κ3) is 8.04. The molecule has 0 aliphatic rings. The molecule has 2 N–H and O–H groups in total. The molecule has 33 heavy (non-hydrogen) atoms. The van der Waals surface area contributed by atoms with Crippen molar-refractivity contribution < 1.29 is 14.3 Å². The van der Waals surface area contributed by atoms with Crippen LogP contribution in [0, 0.1) is 6.92 Å². The number of para-hydroxylation sites is 1. The number of ether oxygens (including phenoxy) is 1. The van der Waals surface area contributed by atoms with E-state index < -0.39 is 0 Å². The number of amides is 2. The molecule has 2 amide bonds. The zero-order valence-electron chi connectivity index (χ0n) is 18.0. The van der Waals surface area contributed by atoms with Crippen molar-refractivity contribution in [3.05, 3.63) is 92.9 Å². The molecule has 0 bridgehead atoms. The highest BCUT2D eigenvalue weighted by Gasteiger charge is 2.08. The Hall–Kier alpha value is -3.16. The van der Waals surface area contributed by atoms with Crippen molar-refractivity contribution in [2.75, 3.05) is 5.32 Å². The fourth-order valence-electron chi connectivity index (χ4n) is 2.81. The molecule has 3 rings (SSSR count). The molecule has 0 aromatic heterocycles. The van der Waals surface area contributed by atoms with Crippen LogP contribution in [0.5, 0.6) is 5.75 Å². The Morgan fingerprint density at radius 3 is 2.52 bits per heavy atom. The summed E-state index contributed by atoms with van der Waals surface area (Å²) in [6, 6.07) is 20.5. The van der Waals surface area contributed by atoms with Gasteiger partial charge in [0.15, 0.2) is 0 Å². The van der Waals surface area contributed by atoms with Gasteiger partial charge in [0.05, 0.1) is 6.21 Å². The molecule has 0 aliphatic carbocycles. The number of hydrazone groups is 1. The molecule has 0 fully saturated rings. The fraction of sp³-hybridized carbons (Fsp3) is 0.160. The first-order valence-electron chi connectivity index (χ1n) is 10.2. The van der Waals surface area contributed by atoms with Crippen molar-refractivity contribution in [3.63, 3.8) is 0 Å². The van der Waals surface area contributed by atoms with E-state index in [2.05, 4.69) is 31.8 Å². The number of carbonyl (C=O) groups excluding carboxylic acids is 2. The van der Waals surface area contributed by atoms with Crippen LogP contribution in [0.4, 0.5) is 5.69 Å². The molecule has 6 nitrogen and oxygen atoms in total. The molecule has 3 aromatic rings. The number of rotatable bonds is 9. The SMILES string of the molecule is Cc1ccc(NC(=O)CCC(=O)NN=Cc2ccccc2OCc2ccc(Br)cc2)cc1Cl. The van der Waals surface area contributed by atoms with Crippen LogP contribution >= 0.6 is 27.5 Å². The van der Waals surface area contributed by atoms with Gasteiger partial charge in [-0.15, -0.1) is 0 Å². The predicted octanol–water partition coefficient (Wildman–Crippen LogP) is 5.86. The molecule has 0 spiro atoms. The third-order valence-corrected chi connectivity index (χ3v) is 5.59. The number of hydrogen-bond acceptors (Lipinski definition) is 4. The van der Waals surface area contributed by atoms with Gasteiger partial charge in [-0.05, 0) is 54.4 Å². The average molecular weight is 529 g/mol. The van der Waals surface area contributed by atoms with E-state index in [-0.39, 0.29) is 24.7 Å². The molecule has 3 aromatic carbocycles. The molecule has 0 saturated heterocycles. The zero-order valence-corrected chi connectivity index (χ0v) is 20.3. The Morgan fingerprint density at radius 2 is 1.76 bits per heavy atom. The molecule has 170 valence electrons. The predicted molar refractivity (Wildman–Crippen MR) is 135 cm³/mol. The van der Waals surface area contributed by atoms with Gasteiger partial charge in [0, 0.05) is 33.6 Å². The molecule has 0 aliphatic heterocycles. The number of nitrogens with one attached hydrogen (secondary N) is 2. The van der Waals surface area contributed by atoms with Gasteiger partial charge in [-0.2, -0.15) is 5.10 Å².